The monoisotopic (exact) mass is 270 g/mol. The number of nitrogens with zero attached hydrogens (tertiary/aromatic N) is 1. The molecule has 0 bridgehead atoms. The maximum Gasteiger partial charge on any atom is 0.228 e. The first-order chi connectivity index (χ1) is 9.74. The molecule has 2 aliphatic carbocycles. The van der Waals surface area contributed by atoms with Gasteiger partial charge in [0.2, 0.25) is 5.91 Å². The van der Waals surface area contributed by atoms with Crippen LogP contribution in [0.4, 0.5) is 5.69 Å². The maximum absolute atomic E-state index is 12.2. The minimum Gasteiger partial charge on any atom is -0.315 e. The Morgan fingerprint density at radius 1 is 1.15 bits per heavy atom. The highest BCUT2D eigenvalue weighted by Crippen LogP contribution is 2.46. The average molecular weight is 270 g/mol. The summed E-state index contributed by atoms with van der Waals surface area (Å²) in [6, 6.07) is 9.19. The highest BCUT2D eigenvalue weighted by atomic mass is 16.2. The first-order valence-corrected chi connectivity index (χ1v) is 7.85. The summed E-state index contributed by atoms with van der Waals surface area (Å²) in [7, 11) is 1.89. The second kappa shape index (κ2) is 4.59. The Morgan fingerprint density at radius 2 is 1.80 bits per heavy atom. The van der Waals surface area contributed by atoms with Crippen molar-refractivity contribution in [3.63, 3.8) is 0 Å². The van der Waals surface area contributed by atoms with Crippen LogP contribution in [0, 0.1) is 11.8 Å². The van der Waals surface area contributed by atoms with Gasteiger partial charge in [-0.2, -0.15) is 0 Å². The Hall–Kier alpha value is -1.35. The van der Waals surface area contributed by atoms with Crippen molar-refractivity contribution in [1.29, 1.82) is 0 Å². The van der Waals surface area contributed by atoms with Gasteiger partial charge in [-0.3, -0.25) is 4.79 Å². The number of fused-ring (bicyclic) bond motifs is 1. The normalized spacial score (nSPS) is 26.0. The summed E-state index contributed by atoms with van der Waals surface area (Å²) in [5.41, 5.74) is 2.37. The van der Waals surface area contributed by atoms with Crippen LogP contribution in [0.2, 0.25) is 0 Å². The molecule has 0 spiro atoms. The number of hydrogen-bond donors (Lipinski definition) is 1. The number of carbonyl (C=O) groups is 1. The van der Waals surface area contributed by atoms with Gasteiger partial charge < -0.3 is 10.2 Å². The zero-order valence-corrected chi connectivity index (χ0v) is 12.0. The molecule has 1 aromatic rings. The molecule has 20 heavy (non-hydrogen) atoms. The number of amides is 1. The molecule has 1 unspecified atom stereocenters. The Kier molecular flexibility index (Phi) is 2.84. The van der Waals surface area contributed by atoms with Crippen molar-refractivity contribution in [2.45, 2.75) is 44.2 Å². The van der Waals surface area contributed by atoms with Gasteiger partial charge in [0.25, 0.3) is 0 Å². The lowest BCUT2D eigenvalue weighted by atomic mass is 9.94. The Morgan fingerprint density at radius 3 is 2.45 bits per heavy atom. The lowest BCUT2D eigenvalue weighted by molar-refractivity contribution is -0.119. The van der Waals surface area contributed by atoms with Crippen LogP contribution in [-0.4, -0.2) is 19.0 Å². The van der Waals surface area contributed by atoms with Crippen LogP contribution in [0.15, 0.2) is 24.3 Å². The molecule has 3 nitrogen and oxygen atoms in total. The largest absolute Gasteiger partial charge is 0.315 e. The summed E-state index contributed by atoms with van der Waals surface area (Å²) in [6.07, 6.45) is 6.09. The number of para-hydroxylation sites is 1. The number of carbonyl (C=O) groups excluding carboxylic acids is 1. The average Bonchev–Trinajstić information content (AvgIpc) is 3.34. The first kappa shape index (κ1) is 12.4. The summed E-state index contributed by atoms with van der Waals surface area (Å²) in [4.78, 5) is 14.0. The van der Waals surface area contributed by atoms with E-state index in [1.807, 2.05) is 13.1 Å². The molecule has 1 atom stereocenters. The second-order valence-electron chi connectivity index (χ2n) is 6.64. The van der Waals surface area contributed by atoms with Crippen molar-refractivity contribution in [3.05, 3.63) is 29.8 Å². The molecule has 2 saturated carbocycles. The zero-order valence-electron chi connectivity index (χ0n) is 12.0. The standard InChI is InChI=1S/C17H22N2O/c1-19-15-5-3-2-4-13(15)14(10-16(19)20)18-17(11-6-7-11)12-8-9-12/h2-5,11-12,14,17-18H,6-10H2,1H3. The fraction of sp³-hybridized carbons (Fsp3) is 0.588. The molecular formula is C17H22N2O. The molecule has 1 N–H and O–H groups in total. The number of anilines is 1. The van der Waals surface area contributed by atoms with Gasteiger partial charge in [-0.25, -0.2) is 0 Å². The summed E-state index contributed by atoms with van der Waals surface area (Å²) in [5, 5.41) is 3.84. The number of hydrogen-bond acceptors (Lipinski definition) is 2. The third-order valence-electron chi connectivity index (χ3n) is 5.08. The molecule has 1 heterocycles. The summed E-state index contributed by atoms with van der Waals surface area (Å²) in [6.45, 7) is 0. The topological polar surface area (TPSA) is 32.3 Å². The van der Waals surface area contributed by atoms with Crippen molar-refractivity contribution in [3.8, 4) is 0 Å². The van der Waals surface area contributed by atoms with Gasteiger partial charge >= 0.3 is 0 Å². The molecule has 2 fully saturated rings. The van der Waals surface area contributed by atoms with Crippen LogP contribution in [0.25, 0.3) is 0 Å². The van der Waals surface area contributed by atoms with Crippen LogP contribution in [0.5, 0.6) is 0 Å². The lowest BCUT2D eigenvalue weighted by Gasteiger charge is -2.34. The van der Waals surface area contributed by atoms with Crippen molar-refractivity contribution in [2.75, 3.05) is 11.9 Å². The molecule has 0 aromatic heterocycles. The highest BCUT2D eigenvalue weighted by molar-refractivity contribution is 5.96. The van der Waals surface area contributed by atoms with Gasteiger partial charge in [0.05, 0.1) is 0 Å². The molecule has 3 aliphatic rings. The number of rotatable bonds is 4. The first-order valence-electron chi connectivity index (χ1n) is 7.85. The molecular weight excluding hydrogens is 248 g/mol. The minimum absolute atomic E-state index is 0.209. The van der Waals surface area contributed by atoms with E-state index in [0.717, 1.165) is 17.5 Å². The second-order valence-corrected chi connectivity index (χ2v) is 6.64. The maximum atomic E-state index is 12.2. The van der Waals surface area contributed by atoms with E-state index in [2.05, 4.69) is 23.5 Å². The summed E-state index contributed by atoms with van der Waals surface area (Å²) < 4.78 is 0. The number of benzene rings is 1. The van der Waals surface area contributed by atoms with E-state index in [4.69, 9.17) is 0 Å². The van der Waals surface area contributed by atoms with E-state index in [0.29, 0.717) is 12.5 Å². The van der Waals surface area contributed by atoms with Crippen LogP contribution >= 0.6 is 0 Å². The van der Waals surface area contributed by atoms with E-state index in [1.54, 1.807) is 4.90 Å². The Balaban J connectivity index is 1.61. The van der Waals surface area contributed by atoms with Crippen molar-refractivity contribution >= 4 is 11.6 Å². The summed E-state index contributed by atoms with van der Waals surface area (Å²) >= 11 is 0. The third-order valence-corrected chi connectivity index (χ3v) is 5.08. The van der Waals surface area contributed by atoms with Crippen LogP contribution in [0.3, 0.4) is 0 Å². The smallest absolute Gasteiger partial charge is 0.228 e. The molecule has 3 heteroatoms. The predicted octanol–water partition coefficient (Wildman–Crippen LogP) is 2.87. The molecule has 1 amide bonds. The van der Waals surface area contributed by atoms with E-state index in [9.17, 15) is 4.79 Å². The van der Waals surface area contributed by atoms with Crippen LogP contribution in [-0.2, 0) is 4.79 Å². The van der Waals surface area contributed by atoms with Gasteiger partial charge in [0.1, 0.15) is 0 Å². The van der Waals surface area contributed by atoms with E-state index in [-0.39, 0.29) is 11.9 Å². The van der Waals surface area contributed by atoms with Crippen LogP contribution in [0.1, 0.15) is 43.7 Å². The SMILES string of the molecule is CN1C(=O)CC(NC(C2CC2)C2CC2)c2ccccc21. The Bertz CT molecular complexity index is 522. The van der Waals surface area contributed by atoms with E-state index < -0.39 is 0 Å². The molecule has 0 radical (unpaired) electrons. The van der Waals surface area contributed by atoms with E-state index >= 15 is 0 Å². The van der Waals surface area contributed by atoms with Gasteiger partial charge in [-0.15, -0.1) is 0 Å². The van der Waals surface area contributed by atoms with Gasteiger partial charge in [-0.1, -0.05) is 18.2 Å². The quantitative estimate of drug-likeness (QED) is 0.912. The molecule has 106 valence electrons. The van der Waals surface area contributed by atoms with Gasteiger partial charge in [0, 0.05) is 31.2 Å². The fourth-order valence-electron chi connectivity index (χ4n) is 3.59. The number of nitrogens with one attached hydrogen (secondary N) is 1. The van der Waals surface area contributed by atoms with E-state index in [1.165, 1.54) is 31.2 Å². The van der Waals surface area contributed by atoms with Crippen molar-refractivity contribution in [1.82, 2.24) is 5.32 Å². The lowest BCUT2D eigenvalue weighted by Crippen LogP contribution is -2.43. The summed E-state index contributed by atoms with van der Waals surface area (Å²) in [5.74, 6) is 1.96. The Labute approximate surface area is 120 Å². The molecule has 0 saturated heterocycles. The van der Waals surface area contributed by atoms with Gasteiger partial charge in [-0.05, 0) is 49.1 Å². The van der Waals surface area contributed by atoms with Crippen LogP contribution < -0.4 is 10.2 Å². The zero-order chi connectivity index (χ0) is 13.7. The van der Waals surface area contributed by atoms with Gasteiger partial charge in [0.15, 0.2) is 0 Å². The molecule has 1 aliphatic heterocycles. The fourth-order valence-corrected chi connectivity index (χ4v) is 3.59. The third kappa shape index (κ3) is 2.14. The minimum atomic E-state index is 0.209. The van der Waals surface area contributed by atoms with Crippen molar-refractivity contribution < 1.29 is 4.79 Å². The predicted molar refractivity (Wildman–Crippen MR) is 79.6 cm³/mol. The molecule has 1 aromatic carbocycles. The van der Waals surface area contributed by atoms with Crippen molar-refractivity contribution in [2.24, 2.45) is 11.8 Å². The molecule has 4 rings (SSSR count). The highest BCUT2D eigenvalue weighted by Gasteiger charge is 2.43.